The molecule has 1 aliphatic carbocycles. The van der Waals surface area contributed by atoms with Crippen LogP contribution in [-0.2, 0) is 25.5 Å². The summed E-state index contributed by atoms with van der Waals surface area (Å²) in [6.45, 7) is 3.87. The maximum atomic E-state index is 13.6. The molecule has 1 aromatic carbocycles. The second-order valence-electron chi connectivity index (χ2n) is 10.5. The van der Waals surface area contributed by atoms with Crippen LogP contribution >= 0.6 is 0 Å². The first kappa shape index (κ1) is 24.9. The molecule has 196 valence electrons. The summed E-state index contributed by atoms with van der Waals surface area (Å²) < 4.78 is 23.3. The molecular formula is C27H36N2O7. The topological polar surface area (TPSA) is 97.8 Å². The average Bonchev–Trinajstić information content (AvgIpc) is 3.52. The van der Waals surface area contributed by atoms with Crippen molar-refractivity contribution in [2.24, 2.45) is 0 Å². The minimum absolute atomic E-state index is 0.126. The van der Waals surface area contributed by atoms with Gasteiger partial charge >= 0.3 is 5.97 Å². The summed E-state index contributed by atoms with van der Waals surface area (Å²) in [7, 11) is 4.80. The lowest BCUT2D eigenvalue weighted by atomic mass is 9.77. The third-order valence-corrected chi connectivity index (χ3v) is 8.18. The van der Waals surface area contributed by atoms with E-state index in [9.17, 15) is 14.7 Å². The van der Waals surface area contributed by atoms with Crippen LogP contribution in [0.3, 0.4) is 0 Å². The molecule has 3 heterocycles. The maximum Gasteiger partial charge on any atom is 0.339 e. The lowest BCUT2D eigenvalue weighted by Gasteiger charge is -2.39. The van der Waals surface area contributed by atoms with Gasteiger partial charge in [-0.25, -0.2) is 4.79 Å². The number of carbonyl (C=O) groups excluding carboxylic acids is 2. The van der Waals surface area contributed by atoms with Crippen LogP contribution in [0.4, 0.5) is 0 Å². The standard InChI is InChI=1S/C27H36N2O7/c1-5-8-27(32,15-22(30)28(2)3)25(31)36-24-21(33-4)14-26-9-6-10-29(26)11-7-17-12-19-20(35-16-34-19)13-18(17)23(24)26/h12-14,23-24,32H,5-11,15-16H2,1-4H3/t23-,24-,26+,27-/m1/s1. The SMILES string of the molecule is CCC[C@@](O)(CC(=O)N(C)C)C(=O)O[C@@H]1C(OC)=C[C@]23CCCN2CCc2cc4c(cc2[C@H]13)OCO4. The molecule has 0 unspecified atom stereocenters. The monoisotopic (exact) mass is 500 g/mol. The molecule has 3 aliphatic heterocycles. The molecule has 0 radical (unpaired) electrons. The van der Waals surface area contributed by atoms with Crippen molar-refractivity contribution in [1.29, 1.82) is 0 Å². The zero-order valence-electron chi connectivity index (χ0n) is 21.5. The number of hydrogen-bond acceptors (Lipinski definition) is 8. The van der Waals surface area contributed by atoms with E-state index >= 15 is 0 Å². The molecule has 0 aromatic heterocycles. The Balaban J connectivity index is 1.55. The lowest BCUT2D eigenvalue weighted by molar-refractivity contribution is -0.176. The van der Waals surface area contributed by atoms with Crippen LogP contribution < -0.4 is 9.47 Å². The predicted molar refractivity (Wildman–Crippen MR) is 131 cm³/mol. The molecule has 36 heavy (non-hydrogen) atoms. The number of hydrogen-bond donors (Lipinski definition) is 1. The fraction of sp³-hybridized carbons (Fsp3) is 0.630. The number of fused-ring (bicyclic) bond motifs is 3. The van der Waals surface area contributed by atoms with E-state index in [0.717, 1.165) is 49.2 Å². The Morgan fingerprint density at radius 1 is 1.25 bits per heavy atom. The molecule has 1 aromatic rings. The first-order valence-electron chi connectivity index (χ1n) is 12.8. The van der Waals surface area contributed by atoms with Crippen LogP contribution in [-0.4, -0.2) is 85.1 Å². The van der Waals surface area contributed by atoms with Crippen molar-refractivity contribution >= 4 is 11.9 Å². The van der Waals surface area contributed by atoms with E-state index in [1.807, 2.05) is 19.1 Å². The number of methoxy groups -OCH3 is 1. The average molecular weight is 501 g/mol. The number of nitrogens with zero attached hydrogens (tertiary/aromatic N) is 2. The smallest absolute Gasteiger partial charge is 0.339 e. The maximum absolute atomic E-state index is 13.6. The Hall–Kier alpha value is -2.78. The highest BCUT2D eigenvalue weighted by Crippen LogP contribution is 2.55. The normalized spacial score (nSPS) is 27.8. The van der Waals surface area contributed by atoms with Gasteiger partial charge in [0.05, 0.1) is 25.0 Å². The van der Waals surface area contributed by atoms with Gasteiger partial charge in [0.15, 0.2) is 23.2 Å². The summed E-state index contributed by atoms with van der Waals surface area (Å²) in [6, 6.07) is 4.06. The van der Waals surface area contributed by atoms with Crippen molar-refractivity contribution < 1.29 is 33.6 Å². The lowest BCUT2D eigenvalue weighted by Crippen LogP contribution is -2.49. The molecule has 1 N–H and O–H groups in total. The van der Waals surface area contributed by atoms with Crippen LogP contribution in [0.15, 0.2) is 24.0 Å². The van der Waals surface area contributed by atoms with Crippen LogP contribution in [0.25, 0.3) is 0 Å². The molecule has 1 spiro atoms. The first-order chi connectivity index (χ1) is 17.2. The molecule has 1 saturated heterocycles. The minimum Gasteiger partial charge on any atom is -0.497 e. The molecule has 0 bridgehead atoms. The van der Waals surface area contributed by atoms with E-state index in [2.05, 4.69) is 11.0 Å². The number of aliphatic hydroxyl groups is 1. The van der Waals surface area contributed by atoms with Gasteiger partial charge in [0.2, 0.25) is 12.7 Å². The largest absolute Gasteiger partial charge is 0.497 e. The van der Waals surface area contributed by atoms with Gasteiger partial charge in [-0.2, -0.15) is 0 Å². The number of rotatable bonds is 7. The Morgan fingerprint density at radius 3 is 2.69 bits per heavy atom. The first-order valence-corrected chi connectivity index (χ1v) is 12.8. The molecule has 9 nitrogen and oxygen atoms in total. The zero-order valence-corrected chi connectivity index (χ0v) is 21.5. The molecule has 4 atom stereocenters. The third-order valence-electron chi connectivity index (χ3n) is 8.18. The van der Waals surface area contributed by atoms with Gasteiger partial charge in [-0.15, -0.1) is 0 Å². The number of esters is 1. The molecule has 4 aliphatic rings. The van der Waals surface area contributed by atoms with Crippen molar-refractivity contribution in [2.45, 2.75) is 68.6 Å². The number of ether oxygens (including phenoxy) is 4. The molecule has 1 amide bonds. The van der Waals surface area contributed by atoms with Crippen LogP contribution in [0.2, 0.25) is 0 Å². The van der Waals surface area contributed by atoms with Gasteiger partial charge < -0.3 is 29.0 Å². The van der Waals surface area contributed by atoms with Gasteiger partial charge in [-0.3, -0.25) is 9.69 Å². The summed E-state index contributed by atoms with van der Waals surface area (Å²) in [5.74, 6) is 0.634. The molecule has 0 saturated carbocycles. The van der Waals surface area contributed by atoms with Crippen molar-refractivity contribution in [3.8, 4) is 11.5 Å². The quantitative estimate of drug-likeness (QED) is 0.570. The van der Waals surface area contributed by atoms with Gasteiger partial charge in [0, 0.05) is 20.6 Å². The fourth-order valence-electron chi connectivity index (χ4n) is 6.40. The fourth-order valence-corrected chi connectivity index (χ4v) is 6.40. The zero-order chi connectivity index (χ0) is 25.7. The van der Waals surface area contributed by atoms with E-state index < -0.39 is 17.7 Å². The van der Waals surface area contributed by atoms with Crippen molar-refractivity contribution in [3.05, 3.63) is 35.1 Å². The number of carbonyl (C=O) groups is 2. The molecular weight excluding hydrogens is 464 g/mol. The number of amides is 1. The van der Waals surface area contributed by atoms with E-state index in [4.69, 9.17) is 18.9 Å². The highest BCUT2D eigenvalue weighted by atomic mass is 16.7. The molecule has 5 rings (SSSR count). The highest BCUT2D eigenvalue weighted by Gasteiger charge is 2.59. The predicted octanol–water partition coefficient (Wildman–Crippen LogP) is 2.35. The summed E-state index contributed by atoms with van der Waals surface area (Å²) in [5, 5.41) is 11.3. The Labute approximate surface area is 211 Å². The molecule has 9 heteroatoms. The van der Waals surface area contributed by atoms with Gasteiger partial charge in [0.1, 0.15) is 5.76 Å². The van der Waals surface area contributed by atoms with E-state index in [1.54, 1.807) is 21.2 Å². The van der Waals surface area contributed by atoms with Gasteiger partial charge in [-0.05, 0) is 61.6 Å². The summed E-state index contributed by atoms with van der Waals surface area (Å²) in [6.07, 6.45) is 4.48. The second-order valence-corrected chi connectivity index (χ2v) is 10.5. The van der Waals surface area contributed by atoms with Gasteiger partial charge in [-0.1, -0.05) is 13.3 Å². The summed E-state index contributed by atoms with van der Waals surface area (Å²) >= 11 is 0. The van der Waals surface area contributed by atoms with Crippen LogP contribution in [0.5, 0.6) is 11.5 Å². The number of benzene rings is 1. The van der Waals surface area contributed by atoms with Gasteiger partial charge in [0.25, 0.3) is 0 Å². The van der Waals surface area contributed by atoms with E-state index in [1.165, 1.54) is 4.90 Å². The van der Waals surface area contributed by atoms with Crippen molar-refractivity contribution in [2.75, 3.05) is 41.1 Å². The highest BCUT2D eigenvalue weighted by molar-refractivity contribution is 5.88. The molecule has 1 fully saturated rings. The summed E-state index contributed by atoms with van der Waals surface area (Å²) in [4.78, 5) is 29.9. The Morgan fingerprint density at radius 2 is 2.00 bits per heavy atom. The third kappa shape index (κ3) is 3.93. The Bertz CT molecular complexity index is 1090. The minimum atomic E-state index is -1.91. The van der Waals surface area contributed by atoms with E-state index in [-0.39, 0.29) is 37.0 Å². The van der Waals surface area contributed by atoms with Crippen LogP contribution in [0.1, 0.15) is 56.1 Å². The second kappa shape index (κ2) is 9.27. The summed E-state index contributed by atoms with van der Waals surface area (Å²) in [5.41, 5.74) is -0.0929. The van der Waals surface area contributed by atoms with Crippen molar-refractivity contribution in [1.82, 2.24) is 9.80 Å². The van der Waals surface area contributed by atoms with E-state index in [0.29, 0.717) is 17.9 Å². The van der Waals surface area contributed by atoms with Crippen molar-refractivity contribution in [3.63, 3.8) is 0 Å². The Kier molecular flexibility index (Phi) is 6.41. The van der Waals surface area contributed by atoms with Crippen LogP contribution in [0, 0.1) is 0 Å².